The van der Waals surface area contributed by atoms with Gasteiger partial charge in [-0.05, 0) is 50.2 Å². The van der Waals surface area contributed by atoms with Crippen molar-refractivity contribution < 1.29 is 33.8 Å². The molecule has 1 saturated heterocycles. The molecule has 51 heavy (non-hydrogen) atoms. The quantitative estimate of drug-likeness (QED) is 0.0994. The van der Waals surface area contributed by atoms with Gasteiger partial charge in [-0.1, -0.05) is 13.3 Å². The lowest BCUT2D eigenvalue weighted by atomic mass is 9.81. The zero-order valence-electron chi connectivity index (χ0n) is 29.2. The molecule has 2 aliphatic rings. The number of carboxylic acid groups (broad SMARTS) is 1. The molecule has 276 valence electrons. The molecule has 16 nitrogen and oxygen atoms in total. The van der Waals surface area contributed by atoms with E-state index in [1.165, 1.54) is 4.90 Å². The van der Waals surface area contributed by atoms with Crippen LogP contribution in [0, 0.1) is 11.8 Å². The standard InChI is InChI=1S/C34H47N9O7S/c1-4-5-12-37-30-28-24(39-34(36)40-30)17-42(41-28)16-22-25(49-2)11-10-21(29(22)50-3)14-38-31(45)20-8-6-19(7-9-20)15-43-27(44)13-26(32(43)46)51-18-23(35)33(47)48/h10-11,17,19-20,23,26H,4-9,12-16,18,35H2,1-3H3,(H,38,45)(H,47,48)(H3,36,37,39,40)/t19?,20?,23-,26?/m0/s1. The Kier molecular flexibility index (Phi) is 12.6. The van der Waals surface area contributed by atoms with Crippen LogP contribution in [0.2, 0.25) is 0 Å². The van der Waals surface area contributed by atoms with Gasteiger partial charge in [0.1, 0.15) is 23.1 Å². The smallest absolute Gasteiger partial charge is 0.321 e. The van der Waals surface area contributed by atoms with Crippen molar-refractivity contribution in [2.75, 3.05) is 44.1 Å². The molecule has 3 heterocycles. The summed E-state index contributed by atoms with van der Waals surface area (Å²) >= 11 is 1.11. The van der Waals surface area contributed by atoms with Crippen molar-refractivity contribution in [3.63, 3.8) is 0 Å². The summed E-state index contributed by atoms with van der Waals surface area (Å²) in [7, 11) is 3.16. The van der Waals surface area contributed by atoms with Crippen molar-refractivity contribution in [2.45, 2.75) is 76.3 Å². The van der Waals surface area contributed by atoms with E-state index in [-0.39, 0.29) is 54.2 Å². The van der Waals surface area contributed by atoms with Crippen molar-refractivity contribution in [2.24, 2.45) is 17.6 Å². The summed E-state index contributed by atoms with van der Waals surface area (Å²) in [6.07, 6.45) is 6.54. The van der Waals surface area contributed by atoms with Gasteiger partial charge in [0.25, 0.3) is 0 Å². The minimum Gasteiger partial charge on any atom is -0.496 e. The third-order valence-corrected chi connectivity index (χ3v) is 10.7. The maximum Gasteiger partial charge on any atom is 0.321 e. The number of thioether (sulfide) groups is 1. The third kappa shape index (κ3) is 9.00. The minimum atomic E-state index is -1.14. The Bertz CT molecular complexity index is 1740. The molecule has 1 unspecified atom stereocenters. The number of anilines is 2. The fraction of sp³-hybridized carbons (Fsp3) is 0.559. The monoisotopic (exact) mass is 725 g/mol. The van der Waals surface area contributed by atoms with Crippen molar-refractivity contribution in [1.82, 2.24) is 30.0 Å². The number of benzene rings is 1. The largest absolute Gasteiger partial charge is 0.496 e. The summed E-state index contributed by atoms with van der Waals surface area (Å²) < 4.78 is 13.3. The predicted octanol–water partition coefficient (Wildman–Crippen LogP) is 2.38. The summed E-state index contributed by atoms with van der Waals surface area (Å²) in [4.78, 5) is 59.8. The first kappa shape index (κ1) is 37.6. The molecule has 17 heteroatoms. The molecule has 5 rings (SSSR count). The van der Waals surface area contributed by atoms with Gasteiger partial charge < -0.3 is 36.7 Å². The first-order valence-corrected chi connectivity index (χ1v) is 18.3. The van der Waals surface area contributed by atoms with E-state index < -0.39 is 17.3 Å². The van der Waals surface area contributed by atoms with E-state index in [0.717, 1.165) is 42.3 Å². The molecule has 1 aliphatic carbocycles. The second-order valence-corrected chi connectivity index (χ2v) is 14.2. The molecule has 0 bridgehead atoms. The Hall–Kier alpha value is -4.64. The van der Waals surface area contributed by atoms with Crippen LogP contribution in [0.3, 0.4) is 0 Å². The van der Waals surface area contributed by atoms with Gasteiger partial charge in [-0.15, -0.1) is 11.8 Å². The van der Waals surface area contributed by atoms with Gasteiger partial charge in [0, 0.05) is 43.3 Å². The SMILES string of the molecule is CCCCNc1nc(N)nc2cn(Cc3c(OC)ccc(CNC(=O)C4CCC(CN5C(=O)CC(SC[C@H](N)C(=O)O)C5=O)CC4)c3OC)nc12. The fourth-order valence-corrected chi connectivity index (χ4v) is 7.69. The minimum absolute atomic E-state index is 0.0458. The molecule has 3 amide bonds. The van der Waals surface area contributed by atoms with Crippen LogP contribution in [0.25, 0.3) is 11.0 Å². The number of carbonyl (C=O) groups excluding carboxylic acids is 3. The Balaban J connectivity index is 1.18. The third-order valence-electron chi connectivity index (χ3n) is 9.40. The van der Waals surface area contributed by atoms with E-state index >= 15 is 0 Å². The first-order chi connectivity index (χ1) is 24.5. The number of hydrogen-bond acceptors (Lipinski definition) is 13. The highest BCUT2D eigenvalue weighted by molar-refractivity contribution is 8.00. The number of nitrogen functional groups attached to an aromatic ring is 1. The lowest BCUT2D eigenvalue weighted by molar-refractivity contribution is -0.140. The number of likely N-dealkylation sites (tertiary alicyclic amines) is 1. The van der Waals surface area contributed by atoms with Crippen LogP contribution < -0.4 is 31.6 Å². The first-order valence-electron chi connectivity index (χ1n) is 17.2. The topological polar surface area (TPSA) is 230 Å². The maximum atomic E-state index is 13.3. The number of hydrogen-bond donors (Lipinski definition) is 5. The number of nitrogens with one attached hydrogen (secondary N) is 2. The van der Waals surface area contributed by atoms with Crippen molar-refractivity contribution in [3.05, 3.63) is 29.5 Å². The molecular formula is C34H47N9O7S. The van der Waals surface area contributed by atoms with E-state index in [1.54, 1.807) is 25.1 Å². The highest BCUT2D eigenvalue weighted by Crippen LogP contribution is 2.35. The number of rotatable bonds is 17. The number of amides is 3. The van der Waals surface area contributed by atoms with Crippen molar-refractivity contribution >= 4 is 58.3 Å². The molecule has 1 aliphatic heterocycles. The fourth-order valence-electron chi connectivity index (χ4n) is 6.58. The number of carbonyl (C=O) groups is 4. The van der Waals surface area contributed by atoms with Crippen LogP contribution in [-0.4, -0.2) is 97.8 Å². The number of aromatic nitrogens is 4. The van der Waals surface area contributed by atoms with Crippen LogP contribution in [0.15, 0.2) is 18.3 Å². The van der Waals surface area contributed by atoms with Crippen molar-refractivity contribution in [3.8, 4) is 11.5 Å². The van der Waals surface area contributed by atoms with Crippen LogP contribution in [0.5, 0.6) is 11.5 Å². The number of carboxylic acids is 1. The highest BCUT2D eigenvalue weighted by Gasteiger charge is 2.41. The lowest BCUT2D eigenvalue weighted by Gasteiger charge is -2.30. The molecule has 3 aromatic rings. The van der Waals surface area contributed by atoms with Gasteiger partial charge in [-0.3, -0.25) is 28.8 Å². The Morgan fingerprint density at radius 1 is 1.14 bits per heavy atom. The Morgan fingerprint density at radius 3 is 2.59 bits per heavy atom. The number of nitrogens with zero attached hydrogens (tertiary/aromatic N) is 5. The molecular weight excluding hydrogens is 678 g/mol. The van der Waals surface area contributed by atoms with Crippen molar-refractivity contribution in [1.29, 1.82) is 0 Å². The number of unbranched alkanes of at least 4 members (excludes halogenated alkanes) is 1. The summed E-state index contributed by atoms with van der Waals surface area (Å²) in [5.74, 6) is 0.127. The van der Waals surface area contributed by atoms with Gasteiger partial charge in [0.2, 0.25) is 23.7 Å². The second kappa shape index (κ2) is 17.0. The van der Waals surface area contributed by atoms with Crippen LogP contribution in [0.1, 0.15) is 63.0 Å². The predicted molar refractivity (Wildman–Crippen MR) is 192 cm³/mol. The average Bonchev–Trinajstić information content (AvgIpc) is 3.64. The number of nitrogens with two attached hydrogens (primary N) is 2. The Labute approximate surface area is 300 Å². The van der Waals surface area contributed by atoms with E-state index in [1.807, 2.05) is 12.1 Å². The van der Waals surface area contributed by atoms with Gasteiger partial charge in [-0.2, -0.15) is 10.1 Å². The molecule has 0 radical (unpaired) electrons. The summed E-state index contributed by atoms with van der Waals surface area (Å²) in [6, 6.07) is 2.62. The second-order valence-electron chi connectivity index (χ2n) is 13.0. The number of aliphatic carboxylic acids is 1. The molecule has 0 spiro atoms. The molecule has 2 atom stereocenters. The number of fused-ring (bicyclic) bond motifs is 1. The molecule has 1 saturated carbocycles. The van der Waals surface area contributed by atoms with E-state index in [2.05, 4.69) is 27.5 Å². The molecule has 7 N–H and O–H groups in total. The van der Waals surface area contributed by atoms with Crippen LogP contribution in [-0.2, 0) is 32.3 Å². The zero-order chi connectivity index (χ0) is 36.7. The maximum absolute atomic E-state index is 13.3. The lowest BCUT2D eigenvalue weighted by Crippen LogP contribution is -2.39. The number of methoxy groups -OCH3 is 2. The normalized spacial score (nSPS) is 19.7. The van der Waals surface area contributed by atoms with Gasteiger partial charge in [0.05, 0.1) is 37.8 Å². The van der Waals surface area contributed by atoms with Crippen LogP contribution >= 0.6 is 11.8 Å². The van der Waals surface area contributed by atoms with E-state index in [0.29, 0.717) is 67.1 Å². The Morgan fingerprint density at radius 2 is 1.90 bits per heavy atom. The molecule has 1 aromatic carbocycles. The number of imide groups is 1. The average molecular weight is 726 g/mol. The zero-order valence-corrected chi connectivity index (χ0v) is 30.0. The van der Waals surface area contributed by atoms with Gasteiger partial charge in [-0.25, -0.2) is 4.98 Å². The summed E-state index contributed by atoms with van der Waals surface area (Å²) in [5.41, 5.74) is 14.3. The molecule has 2 aromatic heterocycles. The van der Waals surface area contributed by atoms with Gasteiger partial charge >= 0.3 is 5.97 Å². The highest BCUT2D eigenvalue weighted by atomic mass is 32.2. The van der Waals surface area contributed by atoms with Crippen LogP contribution in [0.4, 0.5) is 11.8 Å². The summed E-state index contributed by atoms with van der Waals surface area (Å²) in [5, 5.41) is 19.5. The number of ether oxygens (including phenoxy) is 2. The van der Waals surface area contributed by atoms with E-state index in [9.17, 15) is 19.2 Å². The summed E-state index contributed by atoms with van der Waals surface area (Å²) in [6.45, 7) is 3.71. The molecule has 2 fully saturated rings. The van der Waals surface area contributed by atoms with Gasteiger partial charge in [0.15, 0.2) is 11.3 Å². The van der Waals surface area contributed by atoms with E-state index in [4.69, 9.17) is 31.1 Å².